The lowest BCUT2D eigenvalue weighted by Crippen LogP contribution is -2.07. The number of carboxylic acids is 1. The molecule has 0 saturated heterocycles. The van der Waals surface area contributed by atoms with Gasteiger partial charge in [-0.25, -0.2) is 0 Å². The molecule has 164 valence electrons. The van der Waals surface area contributed by atoms with Crippen molar-refractivity contribution in [2.45, 2.75) is 19.4 Å². The van der Waals surface area contributed by atoms with Crippen LogP contribution in [0.5, 0.6) is 11.5 Å². The smallest absolute Gasteiger partial charge is 0.310 e. The third-order valence-corrected chi connectivity index (χ3v) is 3.82. The maximum Gasteiger partial charge on any atom is 0.310 e. The Labute approximate surface area is 181 Å². The van der Waals surface area contributed by atoms with E-state index in [1.54, 1.807) is 36.4 Å². The van der Waals surface area contributed by atoms with E-state index in [0.29, 0.717) is 5.56 Å². The Kier molecular flexibility index (Phi) is 10.7. The zero-order chi connectivity index (χ0) is 23.8. The standard InChI is InChI=1S/C15H14O3.C8H8O3.CH3F/c16-14-8-6-12(7-9-14)10-15(17)18-11-13-4-2-1-3-5-13;9-7-3-1-6(2-4-7)5-8(10)11;1-2/h1-9,16H,10-11H2;1-4,9H,5H2,(H,10,11);1H3/i;;1D. The van der Waals surface area contributed by atoms with Crippen LogP contribution in [-0.2, 0) is 33.8 Å². The molecule has 3 rings (SSSR count). The number of rotatable bonds is 6. The molecule has 3 N–H and O–H groups in total. The molecular formula is C24H25FO6. The van der Waals surface area contributed by atoms with Crippen molar-refractivity contribution in [3.8, 4) is 11.5 Å². The molecule has 0 spiro atoms. The van der Waals surface area contributed by atoms with Crippen LogP contribution >= 0.6 is 0 Å². The first-order valence-corrected chi connectivity index (χ1v) is 9.16. The van der Waals surface area contributed by atoms with Gasteiger partial charge in [0.05, 0.1) is 21.4 Å². The van der Waals surface area contributed by atoms with Crippen molar-refractivity contribution in [1.29, 1.82) is 0 Å². The Balaban J connectivity index is 0.000000312. The van der Waals surface area contributed by atoms with Gasteiger partial charge in [0.15, 0.2) is 0 Å². The van der Waals surface area contributed by atoms with Gasteiger partial charge >= 0.3 is 11.9 Å². The van der Waals surface area contributed by atoms with Gasteiger partial charge in [0.25, 0.3) is 0 Å². The van der Waals surface area contributed by atoms with Crippen LogP contribution in [0.15, 0.2) is 78.9 Å². The second-order valence-electron chi connectivity index (χ2n) is 6.23. The van der Waals surface area contributed by atoms with Gasteiger partial charge in [-0.05, 0) is 41.0 Å². The van der Waals surface area contributed by atoms with Gasteiger partial charge in [0.2, 0.25) is 0 Å². The number of esters is 1. The number of hydrogen-bond donors (Lipinski definition) is 3. The molecular weight excluding hydrogens is 403 g/mol. The summed E-state index contributed by atoms with van der Waals surface area (Å²) in [5.74, 6) is -0.796. The Hall–Kier alpha value is -3.87. The highest BCUT2D eigenvalue weighted by Gasteiger charge is 2.05. The number of carbonyl (C=O) groups excluding carboxylic acids is 1. The van der Waals surface area contributed by atoms with Crippen LogP contribution in [0.1, 0.15) is 18.1 Å². The van der Waals surface area contributed by atoms with E-state index < -0.39 is 13.1 Å². The number of aliphatic carboxylic acids is 1. The van der Waals surface area contributed by atoms with E-state index in [-0.39, 0.29) is 36.9 Å². The number of benzene rings is 3. The normalized spacial score (nSPS) is 9.77. The van der Waals surface area contributed by atoms with E-state index in [1.165, 1.54) is 12.1 Å². The van der Waals surface area contributed by atoms with Crippen LogP contribution in [0, 0.1) is 0 Å². The van der Waals surface area contributed by atoms with Gasteiger partial charge in [-0.1, -0.05) is 54.6 Å². The number of alkyl halides is 1. The Morgan fingerprint density at radius 3 is 1.71 bits per heavy atom. The zero-order valence-corrected chi connectivity index (χ0v) is 16.8. The molecule has 0 fully saturated rings. The number of hydrogen-bond acceptors (Lipinski definition) is 5. The fraction of sp³-hybridized carbons (Fsp3) is 0.167. The summed E-state index contributed by atoms with van der Waals surface area (Å²) >= 11 is 0. The first-order chi connectivity index (χ1) is 15.3. The molecule has 0 heterocycles. The van der Waals surface area contributed by atoms with E-state index >= 15 is 0 Å². The molecule has 0 aliphatic rings. The lowest BCUT2D eigenvalue weighted by molar-refractivity contribution is -0.144. The van der Waals surface area contributed by atoms with Crippen LogP contribution in [0.4, 0.5) is 4.39 Å². The highest BCUT2D eigenvalue weighted by molar-refractivity contribution is 5.72. The number of ether oxygens (including phenoxy) is 1. The second kappa shape index (κ2) is 14.2. The predicted octanol–water partition coefficient (Wildman–Crippen LogP) is 4.28. The summed E-state index contributed by atoms with van der Waals surface area (Å²) in [6.45, 7) is 0.289. The molecule has 7 heteroatoms. The summed E-state index contributed by atoms with van der Waals surface area (Å²) in [4.78, 5) is 21.8. The van der Waals surface area contributed by atoms with Crippen LogP contribution in [0.25, 0.3) is 0 Å². The van der Waals surface area contributed by atoms with Crippen molar-refractivity contribution < 1.29 is 35.4 Å². The number of phenols is 2. The minimum absolute atomic E-state index is 0.000278. The fourth-order valence-corrected chi connectivity index (χ4v) is 2.36. The average Bonchev–Trinajstić information content (AvgIpc) is 2.77. The minimum Gasteiger partial charge on any atom is -0.508 e. The molecule has 0 radical (unpaired) electrons. The van der Waals surface area contributed by atoms with Crippen LogP contribution in [0.3, 0.4) is 0 Å². The van der Waals surface area contributed by atoms with E-state index in [2.05, 4.69) is 0 Å². The number of aromatic hydroxyl groups is 2. The highest BCUT2D eigenvalue weighted by atomic mass is 19.1. The summed E-state index contributed by atoms with van der Waals surface area (Å²) in [6, 6.07) is 22.2. The number of carboxylic acid groups (broad SMARTS) is 1. The Morgan fingerprint density at radius 2 is 1.26 bits per heavy atom. The van der Waals surface area contributed by atoms with Crippen molar-refractivity contribution in [3.05, 3.63) is 95.6 Å². The fourth-order valence-electron chi connectivity index (χ4n) is 2.36. The van der Waals surface area contributed by atoms with Crippen LogP contribution < -0.4 is 0 Å². The van der Waals surface area contributed by atoms with Gasteiger partial charge < -0.3 is 20.1 Å². The van der Waals surface area contributed by atoms with E-state index in [9.17, 15) is 14.0 Å². The monoisotopic (exact) mass is 429 g/mol. The maximum absolute atomic E-state index is 11.6. The average molecular weight is 429 g/mol. The molecule has 6 nitrogen and oxygen atoms in total. The number of halogens is 1. The lowest BCUT2D eigenvalue weighted by atomic mass is 10.1. The summed E-state index contributed by atoms with van der Waals surface area (Å²) in [6.07, 6.45) is 0.216. The molecule has 31 heavy (non-hydrogen) atoms. The summed E-state index contributed by atoms with van der Waals surface area (Å²) in [5.41, 5.74) is 2.48. The first-order valence-electron chi connectivity index (χ1n) is 9.87. The molecule has 0 amide bonds. The van der Waals surface area contributed by atoms with Crippen molar-refractivity contribution in [1.82, 2.24) is 0 Å². The van der Waals surface area contributed by atoms with Gasteiger partial charge in [0, 0.05) is 0 Å². The summed E-state index contributed by atoms with van der Waals surface area (Å²) in [7, 11) is -1.00. The van der Waals surface area contributed by atoms with Gasteiger partial charge in [-0.2, -0.15) is 0 Å². The second-order valence-corrected chi connectivity index (χ2v) is 6.23. The van der Waals surface area contributed by atoms with Crippen molar-refractivity contribution in [3.63, 3.8) is 0 Å². The Morgan fingerprint density at radius 1 is 0.806 bits per heavy atom. The van der Waals surface area contributed by atoms with Crippen molar-refractivity contribution in [2.75, 3.05) is 7.15 Å². The van der Waals surface area contributed by atoms with Gasteiger partial charge in [-0.15, -0.1) is 0 Å². The van der Waals surface area contributed by atoms with E-state index in [0.717, 1.165) is 11.1 Å². The third-order valence-electron chi connectivity index (χ3n) is 3.82. The predicted molar refractivity (Wildman–Crippen MR) is 115 cm³/mol. The Bertz CT molecular complexity index is 931. The quantitative estimate of drug-likeness (QED) is 0.505. The molecule has 0 aliphatic carbocycles. The SMILES string of the molecule is O=C(Cc1ccc(O)cc1)OCc1ccccc1.O=C(O)Cc1ccc(O)cc1.[2H]CF. The van der Waals surface area contributed by atoms with E-state index in [1.807, 2.05) is 30.3 Å². The third kappa shape index (κ3) is 11.0. The topological polar surface area (TPSA) is 104 Å². The maximum atomic E-state index is 11.6. The molecule has 0 bridgehead atoms. The number of carbonyl (C=O) groups is 2. The van der Waals surface area contributed by atoms with E-state index in [4.69, 9.17) is 21.4 Å². The van der Waals surface area contributed by atoms with Gasteiger partial charge in [-0.3, -0.25) is 14.0 Å². The van der Waals surface area contributed by atoms with Gasteiger partial charge in [0.1, 0.15) is 18.1 Å². The molecule has 0 aliphatic heterocycles. The number of phenolic OH excluding ortho intramolecular Hbond substituents is 2. The highest BCUT2D eigenvalue weighted by Crippen LogP contribution is 2.11. The molecule has 0 aromatic heterocycles. The van der Waals surface area contributed by atoms with Crippen LogP contribution in [0.2, 0.25) is 0 Å². The van der Waals surface area contributed by atoms with Crippen molar-refractivity contribution >= 4 is 11.9 Å². The summed E-state index contributed by atoms with van der Waals surface area (Å²) in [5, 5.41) is 26.3. The molecule has 0 saturated carbocycles. The van der Waals surface area contributed by atoms with Crippen molar-refractivity contribution in [2.24, 2.45) is 0 Å². The zero-order valence-electron chi connectivity index (χ0n) is 17.8. The molecule has 0 atom stereocenters. The summed E-state index contributed by atoms with van der Waals surface area (Å²) < 4.78 is 20.7. The van der Waals surface area contributed by atoms with Crippen LogP contribution in [-0.4, -0.2) is 34.4 Å². The molecule has 0 unspecified atom stereocenters. The largest absolute Gasteiger partial charge is 0.508 e. The molecule has 3 aromatic carbocycles. The molecule has 3 aromatic rings. The lowest BCUT2D eigenvalue weighted by Gasteiger charge is -2.05. The minimum atomic E-state index is -1.00. The first kappa shape index (κ1) is 23.4.